The van der Waals surface area contributed by atoms with Crippen molar-refractivity contribution in [3.63, 3.8) is 0 Å². The topological polar surface area (TPSA) is 4.93 Å². The van der Waals surface area contributed by atoms with Crippen molar-refractivity contribution in [2.75, 3.05) is 0 Å². The highest BCUT2D eigenvalue weighted by Crippen LogP contribution is 2.04. The summed E-state index contributed by atoms with van der Waals surface area (Å²) in [6.07, 6.45) is 9.70. The van der Waals surface area contributed by atoms with Crippen molar-refractivity contribution in [1.29, 1.82) is 0 Å². The summed E-state index contributed by atoms with van der Waals surface area (Å²) in [4.78, 5) is 0. The van der Waals surface area contributed by atoms with E-state index >= 15 is 0 Å². The van der Waals surface area contributed by atoms with E-state index in [1.165, 1.54) is 0 Å². The lowest BCUT2D eigenvalue weighted by Crippen LogP contribution is -2.27. The minimum absolute atomic E-state index is 1.00. The zero-order valence-electron chi connectivity index (χ0n) is 9.46. The van der Waals surface area contributed by atoms with E-state index in [2.05, 4.69) is 24.3 Å². The first-order valence-corrected chi connectivity index (χ1v) is 4.92. The van der Waals surface area contributed by atoms with Gasteiger partial charge in [-0.05, 0) is 19.1 Å². The first-order chi connectivity index (χ1) is 7.17. The summed E-state index contributed by atoms with van der Waals surface area (Å²) < 4.78 is 2.08. The third-order valence-corrected chi connectivity index (χ3v) is 2.48. The molecule has 0 radical (unpaired) electrons. The Morgan fingerprint density at radius 2 is 1.87 bits per heavy atom. The van der Waals surface area contributed by atoms with Gasteiger partial charge in [-0.1, -0.05) is 38.0 Å². The molecule has 0 amide bonds. The van der Waals surface area contributed by atoms with Crippen molar-refractivity contribution >= 4 is 24.8 Å². The molecule has 0 unspecified atom stereocenters. The number of rotatable bonds is 3. The Labute approximate surface area is 91.1 Å². The van der Waals surface area contributed by atoms with Crippen molar-refractivity contribution in [3.05, 3.63) is 47.1 Å². The van der Waals surface area contributed by atoms with Crippen LogP contribution in [-0.2, 0) is 7.05 Å². The zero-order valence-corrected chi connectivity index (χ0v) is 9.46. The van der Waals surface area contributed by atoms with E-state index in [1.54, 1.807) is 0 Å². The van der Waals surface area contributed by atoms with E-state index in [0.717, 1.165) is 21.8 Å². The van der Waals surface area contributed by atoms with Crippen LogP contribution in [0, 0.1) is 0 Å². The quantitative estimate of drug-likeness (QED) is 0.702. The normalized spacial score (nSPS) is 12.3. The Morgan fingerprint density at radius 1 is 1.20 bits per heavy atom. The fourth-order valence-corrected chi connectivity index (χ4v) is 1.68. The second-order valence-electron chi connectivity index (χ2n) is 3.32. The molecule has 0 fully saturated rings. The molecule has 78 valence electrons. The lowest BCUT2D eigenvalue weighted by atomic mass is 10.2. The largest absolute Gasteiger partial charge is 0.344 e. The third kappa shape index (κ3) is 1.86. The Hall–Kier alpha value is -1.76. The van der Waals surface area contributed by atoms with Gasteiger partial charge in [0.25, 0.3) is 0 Å². The zero-order chi connectivity index (χ0) is 11.4. The fraction of sp³-hybridized carbons (Fsp3) is 0.143. The first-order valence-electron chi connectivity index (χ1n) is 4.92. The summed E-state index contributed by atoms with van der Waals surface area (Å²) in [6.45, 7) is 13.7. The highest BCUT2D eigenvalue weighted by Gasteiger charge is 2.04. The van der Waals surface area contributed by atoms with Crippen LogP contribution >= 0.6 is 0 Å². The molecular weight excluding hydrogens is 182 g/mol. The minimum atomic E-state index is 1.00. The first kappa shape index (κ1) is 11.3. The van der Waals surface area contributed by atoms with Gasteiger partial charge in [-0.2, -0.15) is 0 Å². The summed E-state index contributed by atoms with van der Waals surface area (Å²) in [7, 11) is 2.01. The SMILES string of the molecule is C=Cc1c(C=C)n(C)/c(=C/C=C\C)c1=C. The Balaban J connectivity index is 3.70. The highest BCUT2D eigenvalue weighted by atomic mass is 14.9. The summed E-state index contributed by atoms with van der Waals surface area (Å²) in [6, 6.07) is 0. The van der Waals surface area contributed by atoms with E-state index in [0.29, 0.717) is 0 Å². The fourth-order valence-electron chi connectivity index (χ4n) is 1.68. The molecule has 0 aliphatic carbocycles. The van der Waals surface area contributed by atoms with Gasteiger partial charge in [0, 0.05) is 28.9 Å². The van der Waals surface area contributed by atoms with Crippen molar-refractivity contribution in [2.45, 2.75) is 6.92 Å². The van der Waals surface area contributed by atoms with E-state index < -0.39 is 0 Å². The van der Waals surface area contributed by atoms with Gasteiger partial charge in [0.05, 0.1) is 0 Å². The predicted octanol–water partition coefficient (Wildman–Crippen LogP) is 2.08. The molecule has 15 heavy (non-hydrogen) atoms. The standard InChI is InChI=1S/C14H17N/c1-6-9-10-14-11(4)12(7-2)13(8-3)15(14)5/h6-10H,2-4H2,1,5H3/b9-6-,14-10+. The number of hydrogen-bond acceptors (Lipinski definition) is 0. The lowest BCUT2D eigenvalue weighted by molar-refractivity contribution is 0.877. The summed E-state index contributed by atoms with van der Waals surface area (Å²) in [5, 5.41) is 2.10. The van der Waals surface area contributed by atoms with Crippen molar-refractivity contribution in [1.82, 2.24) is 4.57 Å². The van der Waals surface area contributed by atoms with Gasteiger partial charge in [0.1, 0.15) is 0 Å². The number of hydrogen-bond donors (Lipinski definition) is 0. The van der Waals surface area contributed by atoms with Gasteiger partial charge >= 0.3 is 0 Å². The molecule has 0 aromatic carbocycles. The molecule has 1 rings (SSSR count). The summed E-state index contributed by atoms with van der Waals surface area (Å²) in [5.74, 6) is 0. The van der Waals surface area contributed by atoms with Crippen LogP contribution in [0.4, 0.5) is 0 Å². The van der Waals surface area contributed by atoms with Gasteiger partial charge in [0.2, 0.25) is 0 Å². The van der Waals surface area contributed by atoms with E-state index in [9.17, 15) is 0 Å². The molecule has 1 heteroatoms. The average Bonchev–Trinajstić information content (AvgIpc) is 2.47. The van der Waals surface area contributed by atoms with Crippen LogP contribution in [0.15, 0.2) is 25.3 Å². The van der Waals surface area contributed by atoms with E-state index in [-0.39, 0.29) is 0 Å². The van der Waals surface area contributed by atoms with Crippen molar-refractivity contribution < 1.29 is 0 Å². The highest BCUT2D eigenvalue weighted by molar-refractivity contribution is 5.63. The summed E-state index contributed by atoms with van der Waals surface area (Å²) in [5.41, 5.74) is 2.12. The molecule has 1 nitrogen and oxygen atoms in total. The van der Waals surface area contributed by atoms with Gasteiger partial charge in [-0.15, -0.1) is 0 Å². The summed E-state index contributed by atoms with van der Waals surface area (Å²) >= 11 is 0. The predicted molar refractivity (Wildman–Crippen MR) is 69.6 cm³/mol. The van der Waals surface area contributed by atoms with Crippen LogP contribution in [0.3, 0.4) is 0 Å². The Bertz CT molecular complexity index is 513. The van der Waals surface area contributed by atoms with Crippen LogP contribution in [0.2, 0.25) is 0 Å². The Kier molecular flexibility index (Phi) is 3.51. The molecular formula is C14H17N. The lowest BCUT2D eigenvalue weighted by Gasteiger charge is -1.97. The number of aromatic nitrogens is 1. The molecule has 0 bridgehead atoms. The third-order valence-electron chi connectivity index (χ3n) is 2.48. The van der Waals surface area contributed by atoms with Crippen LogP contribution in [0.25, 0.3) is 24.8 Å². The van der Waals surface area contributed by atoms with Crippen LogP contribution in [-0.4, -0.2) is 4.57 Å². The molecule has 0 spiro atoms. The van der Waals surface area contributed by atoms with Gasteiger partial charge in [0.15, 0.2) is 0 Å². The maximum atomic E-state index is 4.07. The molecule has 0 saturated carbocycles. The van der Waals surface area contributed by atoms with Crippen molar-refractivity contribution in [3.8, 4) is 0 Å². The number of nitrogens with zero attached hydrogens (tertiary/aromatic N) is 1. The maximum absolute atomic E-state index is 4.07. The van der Waals surface area contributed by atoms with Gasteiger partial charge in [-0.3, -0.25) is 0 Å². The van der Waals surface area contributed by atoms with Crippen LogP contribution in [0.1, 0.15) is 18.2 Å². The van der Waals surface area contributed by atoms with Crippen molar-refractivity contribution in [2.24, 2.45) is 7.05 Å². The average molecular weight is 199 g/mol. The maximum Gasteiger partial charge on any atom is 0.0482 e. The van der Waals surface area contributed by atoms with Gasteiger partial charge in [-0.25, -0.2) is 0 Å². The van der Waals surface area contributed by atoms with Crippen LogP contribution in [0.5, 0.6) is 0 Å². The molecule has 1 aromatic heterocycles. The Morgan fingerprint density at radius 3 is 2.27 bits per heavy atom. The number of allylic oxidation sites excluding steroid dienone is 2. The monoisotopic (exact) mass is 199 g/mol. The molecule has 0 atom stereocenters. The molecule has 0 aliphatic rings. The van der Waals surface area contributed by atoms with Crippen LogP contribution < -0.4 is 10.6 Å². The van der Waals surface area contributed by atoms with Gasteiger partial charge < -0.3 is 4.57 Å². The minimum Gasteiger partial charge on any atom is -0.344 e. The smallest absolute Gasteiger partial charge is 0.0482 e. The molecule has 0 N–H and O–H groups in total. The van der Waals surface area contributed by atoms with E-state index in [4.69, 9.17) is 0 Å². The molecule has 0 saturated heterocycles. The molecule has 0 aliphatic heterocycles. The van der Waals surface area contributed by atoms with E-state index in [1.807, 2.05) is 44.4 Å². The second-order valence-corrected chi connectivity index (χ2v) is 3.32. The second kappa shape index (κ2) is 4.65. The molecule has 1 aromatic rings. The molecule has 1 heterocycles.